The maximum absolute atomic E-state index is 12.9. The summed E-state index contributed by atoms with van der Waals surface area (Å²) in [6.45, 7) is 5.44. The number of rotatable bonds is 4. The number of nitrogens with zero attached hydrogens (tertiary/aromatic N) is 5. The Morgan fingerprint density at radius 3 is 2.56 bits per heavy atom. The SMILES string of the molecule is CCc1nnc(N2CC(C(=O)N3CCN(c4ccccc4)CC3)CC2=O)s1. The Labute approximate surface area is 162 Å². The maximum atomic E-state index is 12.9. The van der Waals surface area contributed by atoms with Crippen molar-refractivity contribution in [3.8, 4) is 0 Å². The van der Waals surface area contributed by atoms with Gasteiger partial charge in [-0.3, -0.25) is 14.5 Å². The zero-order valence-electron chi connectivity index (χ0n) is 15.4. The van der Waals surface area contributed by atoms with Crippen LogP contribution < -0.4 is 9.80 Å². The van der Waals surface area contributed by atoms with E-state index in [2.05, 4.69) is 27.2 Å². The Morgan fingerprint density at radius 2 is 1.89 bits per heavy atom. The number of hydrogen-bond donors (Lipinski definition) is 0. The summed E-state index contributed by atoms with van der Waals surface area (Å²) in [5.41, 5.74) is 1.19. The lowest BCUT2D eigenvalue weighted by atomic mass is 10.1. The highest BCUT2D eigenvalue weighted by atomic mass is 32.1. The number of aryl methyl sites for hydroxylation is 1. The summed E-state index contributed by atoms with van der Waals surface area (Å²) in [5, 5.41) is 9.71. The van der Waals surface area contributed by atoms with E-state index in [0.29, 0.717) is 24.8 Å². The Morgan fingerprint density at radius 1 is 1.15 bits per heavy atom. The standard InChI is InChI=1S/C19H23N5O2S/c1-2-16-20-21-19(27-16)24-13-14(12-17(24)25)18(26)23-10-8-22(9-11-23)15-6-4-3-5-7-15/h3-7,14H,2,8-13H2,1H3. The lowest BCUT2D eigenvalue weighted by Gasteiger charge is -2.37. The van der Waals surface area contributed by atoms with Crippen LogP contribution in [-0.2, 0) is 16.0 Å². The number of carbonyl (C=O) groups is 2. The van der Waals surface area contributed by atoms with Gasteiger partial charge < -0.3 is 9.80 Å². The summed E-state index contributed by atoms with van der Waals surface area (Å²) >= 11 is 1.43. The van der Waals surface area contributed by atoms with Crippen molar-refractivity contribution < 1.29 is 9.59 Å². The molecule has 2 aliphatic rings. The molecule has 3 heterocycles. The van der Waals surface area contributed by atoms with Gasteiger partial charge in [0.1, 0.15) is 5.01 Å². The van der Waals surface area contributed by atoms with Crippen molar-refractivity contribution >= 4 is 34.0 Å². The molecule has 2 fully saturated rings. The number of anilines is 2. The molecular weight excluding hydrogens is 362 g/mol. The monoisotopic (exact) mass is 385 g/mol. The number of para-hydroxylation sites is 1. The fourth-order valence-electron chi connectivity index (χ4n) is 3.64. The number of benzene rings is 1. The van der Waals surface area contributed by atoms with Crippen LogP contribution in [0.15, 0.2) is 30.3 Å². The van der Waals surface area contributed by atoms with Gasteiger partial charge in [-0.05, 0) is 18.6 Å². The van der Waals surface area contributed by atoms with Gasteiger partial charge in [0.2, 0.25) is 16.9 Å². The molecule has 0 radical (unpaired) electrons. The highest BCUT2D eigenvalue weighted by Crippen LogP contribution is 2.29. The Bertz CT molecular complexity index is 817. The van der Waals surface area contributed by atoms with Crippen molar-refractivity contribution in [2.75, 3.05) is 42.5 Å². The molecule has 1 atom stereocenters. The molecule has 4 rings (SSSR count). The third-order valence-corrected chi connectivity index (χ3v) is 6.27. The van der Waals surface area contributed by atoms with Gasteiger partial charge >= 0.3 is 0 Å². The second-order valence-corrected chi connectivity index (χ2v) is 7.93. The summed E-state index contributed by atoms with van der Waals surface area (Å²) in [6, 6.07) is 10.3. The van der Waals surface area contributed by atoms with Crippen LogP contribution in [0.4, 0.5) is 10.8 Å². The topological polar surface area (TPSA) is 69.6 Å². The van der Waals surface area contributed by atoms with Gasteiger partial charge in [-0.15, -0.1) is 10.2 Å². The molecule has 8 heteroatoms. The molecule has 142 valence electrons. The summed E-state index contributed by atoms with van der Waals surface area (Å²) in [7, 11) is 0. The zero-order chi connectivity index (χ0) is 18.8. The molecule has 1 aromatic heterocycles. The van der Waals surface area contributed by atoms with E-state index in [0.717, 1.165) is 24.5 Å². The van der Waals surface area contributed by atoms with Gasteiger partial charge in [-0.2, -0.15) is 0 Å². The van der Waals surface area contributed by atoms with E-state index >= 15 is 0 Å². The average molecular weight is 385 g/mol. The molecule has 1 aromatic carbocycles. The third-order valence-electron chi connectivity index (χ3n) is 5.18. The van der Waals surface area contributed by atoms with E-state index < -0.39 is 0 Å². The predicted molar refractivity (Wildman–Crippen MR) is 105 cm³/mol. The molecule has 2 aliphatic heterocycles. The van der Waals surface area contributed by atoms with Crippen molar-refractivity contribution in [1.29, 1.82) is 0 Å². The average Bonchev–Trinajstić information content (AvgIpc) is 3.34. The van der Waals surface area contributed by atoms with Crippen molar-refractivity contribution in [2.24, 2.45) is 5.92 Å². The predicted octanol–water partition coefficient (Wildman–Crippen LogP) is 1.80. The first-order chi connectivity index (χ1) is 13.2. The maximum Gasteiger partial charge on any atom is 0.229 e. The normalized spacial score (nSPS) is 20.4. The Balaban J connectivity index is 1.36. The second kappa shape index (κ2) is 7.64. The molecule has 2 saturated heterocycles. The van der Waals surface area contributed by atoms with E-state index in [1.165, 1.54) is 17.0 Å². The summed E-state index contributed by atoms with van der Waals surface area (Å²) in [5.74, 6) is -0.233. The van der Waals surface area contributed by atoms with Gasteiger partial charge in [0.05, 0.1) is 5.92 Å². The molecule has 2 aromatic rings. The van der Waals surface area contributed by atoms with Gasteiger partial charge in [-0.25, -0.2) is 0 Å². The van der Waals surface area contributed by atoms with Crippen LogP contribution in [0.25, 0.3) is 0 Å². The molecule has 0 saturated carbocycles. The molecular formula is C19H23N5O2S. The highest BCUT2D eigenvalue weighted by Gasteiger charge is 2.39. The van der Waals surface area contributed by atoms with Crippen molar-refractivity contribution in [1.82, 2.24) is 15.1 Å². The van der Waals surface area contributed by atoms with Crippen molar-refractivity contribution in [3.05, 3.63) is 35.3 Å². The minimum Gasteiger partial charge on any atom is -0.368 e. The van der Waals surface area contributed by atoms with Crippen LogP contribution in [0, 0.1) is 5.92 Å². The zero-order valence-corrected chi connectivity index (χ0v) is 16.2. The number of amides is 2. The molecule has 7 nitrogen and oxygen atoms in total. The number of hydrogen-bond acceptors (Lipinski definition) is 6. The first-order valence-corrected chi connectivity index (χ1v) is 10.2. The van der Waals surface area contributed by atoms with E-state index in [1.807, 2.05) is 30.0 Å². The van der Waals surface area contributed by atoms with Gasteiger partial charge in [0.15, 0.2) is 0 Å². The first-order valence-electron chi connectivity index (χ1n) is 9.37. The van der Waals surface area contributed by atoms with E-state index in [4.69, 9.17) is 0 Å². The molecule has 0 bridgehead atoms. The smallest absolute Gasteiger partial charge is 0.229 e. The van der Waals surface area contributed by atoms with Gasteiger partial charge in [0, 0.05) is 44.8 Å². The Hall–Kier alpha value is -2.48. The van der Waals surface area contributed by atoms with Crippen molar-refractivity contribution in [2.45, 2.75) is 19.8 Å². The molecule has 0 N–H and O–H groups in total. The quantitative estimate of drug-likeness (QED) is 0.803. The number of carbonyl (C=O) groups excluding carboxylic acids is 2. The van der Waals surface area contributed by atoms with Crippen molar-refractivity contribution in [3.63, 3.8) is 0 Å². The molecule has 27 heavy (non-hydrogen) atoms. The van der Waals surface area contributed by atoms with Crippen LogP contribution in [0.3, 0.4) is 0 Å². The van der Waals surface area contributed by atoms with E-state index in [-0.39, 0.29) is 24.2 Å². The number of piperazine rings is 1. The highest BCUT2D eigenvalue weighted by molar-refractivity contribution is 7.15. The van der Waals surface area contributed by atoms with E-state index in [9.17, 15) is 9.59 Å². The Kier molecular flexibility index (Phi) is 5.07. The minimum absolute atomic E-state index is 0.0323. The van der Waals surface area contributed by atoms with Crippen LogP contribution in [0.5, 0.6) is 0 Å². The van der Waals surface area contributed by atoms with Gasteiger partial charge in [-0.1, -0.05) is 36.5 Å². The summed E-state index contributed by atoms with van der Waals surface area (Å²) in [6.07, 6.45) is 1.06. The van der Waals surface area contributed by atoms with Gasteiger partial charge in [0.25, 0.3) is 0 Å². The van der Waals surface area contributed by atoms with Crippen LogP contribution >= 0.6 is 11.3 Å². The molecule has 0 spiro atoms. The summed E-state index contributed by atoms with van der Waals surface area (Å²) in [4.78, 5) is 31.1. The molecule has 0 aliphatic carbocycles. The number of aromatic nitrogens is 2. The second-order valence-electron chi connectivity index (χ2n) is 6.89. The minimum atomic E-state index is -0.283. The molecule has 1 unspecified atom stereocenters. The lowest BCUT2D eigenvalue weighted by molar-refractivity contribution is -0.136. The lowest BCUT2D eigenvalue weighted by Crippen LogP contribution is -2.50. The first kappa shape index (κ1) is 17.9. The fraction of sp³-hybridized carbons (Fsp3) is 0.474. The van der Waals surface area contributed by atoms with E-state index in [1.54, 1.807) is 4.90 Å². The fourth-order valence-corrected chi connectivity index (χ4v) is 4.44. The van der Waals surface area contributed by atoms with Crippen LogP contribution in [0.1, 0.15) is 18.4 Å². The van der Waals surface area contributed by atoms with Crippen LogP contribution in [0.2, 0.25) is 0 Å². The summed E-state index contributed by atoms with van der Waals surface area (Å²) < 4.78 is 0. The third kappa shape index (κ3) is 3.66. The molecule has 2 amide bonds. The van der Waals surface area contributed by atoms with Crippen LogP contribution in [-0.4, -0.2) is 59.6 Å². The largest absolute Gasteiger partial charge is 0.368 e.